The molecule has 1 atom stereocenters. The van der Waals surface area contributed by atoms with Gasteiger partial charge in [-0.25, -0.2) is 0 Å². The summed E-state index contributed by atoms with van der Waals surface area (Å²) >= 11 is 0. The quantitative estimate of drug-likeness (QED) is 0.849. The standard InChI is InChI=1S/C16H27NO/c1-7-13(3)18-15-12(2)9-8-10-14(15)11-17-16(4,5)6/h8-10,13,17H,7,11H2,1-6H3. The highest BCUT2D eigenvalue weighted by atomic mass is 16.5. The number of nitrogens with one attached hydrogen (secondary N) is 1. The number of benzene rings is 1. The van der Waals surface area contributed by atoms with E-state index in [2.05, 4.69) is 65.1 Å². The van der Waals surface area contributed by atoms with Crippen LogP contribution in [0, 0.1) is 6.92 Å². The molecule has 0 aliphatic heterocycles. The van der Waals surface area contributed by atoms with Crippen LogP contribution in [-0.4, -0.2) is 11.6 Å². The van der Waals surface area contributed by atoms with E-state index in [-0.39, 0.29) is 11.6 Å². The van der Waals surface area contributed by atoms with E-state index in [9.17, 15) is 0 Å². The topological polar surface area (TPSA) is 21.3 Å². The van der Waals surface area contributed by atoms with Crippen LogP contribution in [-0.2, 0) is 6.54 Å². The first kappa shape index (κ1) is 15.0. The first-order chi connectivity index (χ1) is 8.33. The third kappa shape index (κ3) is 4.69. The lowest BCUT2D eigenvalue weighted by molar-refractivity contribution is 0.213. The Bertz CT molecular complexity index is 379. The lowest BCUT2D eigenvalue weighted by Gasteiger charge is -2.23. The van der Waals surface area contributed by atoms with Crippen molar-refractivity contribution in [3.05, 3.63) is 29.3 Å². The highest BCUT2D eigenvalue weighted by Crippen LogP contribution is 2.25. The molecule has 1 aromatic carbocycles. The molecule has 0 saturated carbocycles. The van der Waals surface area contributed by atoms with Gasteiger partial charge in [-0.3, -0.25) is 0 Å². The van der Waals surface area contributed by atoms with Crippen molar-refractivity contribution in [1.29, 1.82) is 0 Å². The zero-order valence-corrected chi connectivity index (χ0v) is 12.6. The van der Waals surface area contributed by atoms with Gasteiger partial charge in [0.25, 0.3) is 0 Å². The normalized spacial score (nSPS) is 13.4. The molecule has 0 aliphatic carbocycles. The van der Waals surface area contributed by atoms with E-state index in [0.717, 1.165) is 18.7 Å². The predicted molar refractivity (Wildman–Crippen MR) is 78.2 cm³/mol. The van der Waals surface area contributed by atoms with Gasteiger partial charge in [0.15, 0.2) is 0 Å². The van der Waals surface area contributed by atoms with E-state index < -0.39 is 0 Å². The Morgan fingerprint density at radius 2 is 1.94 bits per heavy atom. The van der Waals surface area contributed by atoms with Crippen LogP contribution in [0.1, 0.15) is 52.2 Å². The molecule has 2 nitrogen and oxygen atoms in total. The summed E-state index contributed by atoms with van der Waals surface area (Å²) in [5.74, 6) is 1.04. The van der Waals surface area contributed by atoms with E-state index in [0.29, 0.717) is 0 Å². The third-order valence-electron chi connectivity index (χ3n) is 3.00. The smallest absolute Gasteiger partial charge is 0.127 e. The summed E-state index contributed by atoms with van der Waals surface area (Å²) in [5, 5.41) is 3.52. The Hall–Kier alpha value is -1.02. The van der Waals surface area contributed by atoms with Crippen LogP contribution in [0.2, 0.25) is 0 Å². The van der Waals surface area contributed by atoms with Crippen molar-refractivity contribution in [2.45, 2.75) is 66.2 Å². The summed E-state index contributed by atoms with van der Waals surface area (Å²) < 4.78 is 6.05. The second-order valence-corrected chi connectivity index (χ2v) is 6.00. The van der Waals surface area contributed by atoms with Crippen LogP contribution in [0.5, 0.6) is 5.75 Å². The maximum atomic E-state index is 6.05. The second-order valence-electron chi connectivity index (χ2n) is 6.00. The Labute approximate surface area is 112 Å². The van der Waals surface area contributed by atoms with Crippen LogP contribution >= 0.6 is 0 Å². The molecule has 0 aromatic heterocycles. The fourth-order valence-electron chi connectivity index (χ4n) is 1.67. The van der Waals surface area contributed by atoms with Crippen LogP contribution in [0.15, 0.2) is 18.2 Å². The highest BCUT2D eigenvalue weighted by molar-refractivity contribution is 5.41. The van der Waals surface area contributed by atoms with Crippen molar-refractivity contribution in [3.8, 4) is 5.75 Å². The number of ether oxygens (including phenoxy) is 1. The van der Waals surface area contributed by atoms with Gasteiger partial charge in [0.05, 0.1) is 6.10 Å². The van der Waals surface area contributed by atoms with Gasteiger partial charge in [0.1, 0.15) is 5.75 Å². The molecule has 0 heterocycles. The van der Waals surface area contributed by atoms with Gasteiger partial charge in [0.2, 0.25) is 0 Å². The number of hydrogen-bond acceptors (Lipinski definition) is 2. The molecular formula is C16H27NO. The SMILES string of the molecule is CCC(C)Oc1c(C)cccc1CNC(C)(C)C. The van der Waals surface area contributed by atoms with Crippen molar-refractivity contribution < 1.29 is 4.74 Å². The van der Waals surface area contributed by atoms with E-state index in [1.807, 2.05) is 0 Å². The Kier molecular flexibility index (Phi) is 5.21. The Balaban J connectivity index is 2.86. The lowest BCUT2D eigenvalue weighted by Crippen LogP contribution is -2.35. The zero-order valence-electron chi connectivity index (χ0n) is 12.6. The third-order valence-corrected chi connectivity index (χ3v) is 3.00. The molecule has 0 spiro atoms. The minimum absolute atomic E-state index is 0.122. The predicted octanol–water partition coefficient (Wildman–Crippen LogP) is 4.06. The number of rotatable bonds is 5. The monoisotopic (exact) mass is 249 g/mol. The molecular weight excluding hydrogens is 222 g/mol. The summed E-state index contributed by atoms with van der Waals surface area (Å²) in [4.78, 5) is 0. The van der Waals surface area contributed by atoms with Gasteiger partial charge < -0.3 is 10.1 Å². The number of hydrogen-bond donors (Lipinski definition) is 1. The fourth-order valence-corrected chi connectivity index (χ4v) is 1.67. The van der Waals surface area contributed by atoms with Crippen LogP contribution in [0.4, 0.5) is 0 Å². The van der Waals surface area contributed by atoms with E-state index in [4.69, 9.17) is 4.74 Å². The molecule has 0 radical (unpaired) electrons. The van der Waals surface area contributed by atoms with E-state index in [1.165, 1.54) is 11.1 Å². The summed E-state index contributed by atoms with van der Waals surface area (Å²) in [6, 6.07) is 6.35. The molecule has 1 unspecified atom stereocenters. The number of aryl methyl sites for hydroxylation is 1. The van der Waals surface area contributed by atoms with Gasteiger partial charge in [-0.1, -0.05) is 25.1 Å². The molecule has 102 valence electrons. The molecule has 2 heteroatoms. The lowest BCUT2D eigenvalue weighted by atomic mass is 10.1. The molecule has 0 amide bonds. The van der Waals surface area contributed by atoms with E-state index in [1.54, 1.807) is 0 Å². The molecule has 0 saturated heterocycles. The van der Waals surface area contributed by atoms with Crippen LogP contribution in [0.3, 0.4) is 0 Å². The maximum Gasteiger partial charge on any atom is 0.127 e. The van der Waals surface area contributed by atoms with Crippen molar-refractivity contribution in [2.24, 2.45) is 0 Å². The molecule has 0 bridgehead atoms. The zero-order chi connectivity index (χ0) is 13.8. The second kappa shape index (κ2) is 6.24. The molecule has 1 aromatic rings. The average Bonchev–Trinajstić information content (AvgIpc) is 2.28. The molecule has 0 aliphatic rings. The van der Waals surface area contributed by atoms with Gasteiger partial charge in [-0.2, -0.15) is 0 Å². The van der Waals surface area contributed by atoms with E-state index >= 15 is 0 Å². The van der Waals surface area contributed by atoms with Crippen molar-refractivity contribution in [2.75, 3.05) is 0 Å². The van der Waals surface area contributed by atoms with Gasteiger partial charge >= 0.3 is 0 Å². The molecule has 1 rings (SSSR count). The maximum absolute atomic E-state index is 6.05. The summed E-state index contributed by atoms with van der Waals surface area (Å²) in [6.07, 6.45) is 1.29. The molecule has 1 N–H and O–H groups in total. The summed E-state index contributed by atoms with van der Waals surface area (Å²) in [5.41, 5.74) is 2.57. The Morgan fingerprint density at radius 3 is 2.50 bits per heavy atom. The minimum Gasteiger partial charge on any atom is -0.490 e. The molecule has 0 fully saturated rings. The minimum atomic E-state index is 0.122. The van der Waals surface area contributed by atoms with Crippen LogP contribution < -0.4 is 10.1 Å². The van der Waals surface area contributed by atoms with Crippen molar-refractivity contribution >= 4 is 0 Å². The van der Waals surface area contributed by atoms with Crippen LogP contribution in [0.25, 0.3) is 0 Å². The number of para-hydroxylation sites is 1. The Morgan fingerprint density at radius 1 is 1.28 bits per heavy atom. The first-order valence-electron chi connectivity index (χ1n) is 6.83. The van der Waals surface area contributed by atoms with Gasteiger partial charge in [0, 0.05) is 17.6 Å². The highest BCUT2D eigenvalue weighted by Gasteiger charge is 2.13. The van der Waals surface area contributed by atoms with Crippen molar-refractivity contribution in [3.63, 3.8) is 0 Å². The summed E-state index contributed by atoms with van der Waals surface area (Å²) in [6.45, 7) is 13.8. The van der Waals surface area contributed by atoms with Gasteiger partial charge in [-0.05, 0) is 46.6 Å². The van der Waals surface area contributed by atoms with Gasteiger partial charge in [-0.15, -0.1) is 0 Å². The first-order valence-corrected chi connectivity index (χ1v) is 6.83. The average molecular weight is 249 g/mol. The fraction of sp³-hybridized carbons (Fsp3) is 0.625. The largest absolute Gasteiger partial charge is 0.490 e. The van der Waals surface area contributed by atoms with Crippen molar-refractivity contribution in [1.82, 2.24) is 5.32 Å². The molecule has 18 heavy (non-hydrogen) atoms. The summed E-state index contributed by atoms with van der Waals surface area (Å²) in [7, 11) is 0.